The van der Waals surface area contributed by atoms with E-state index in [-0.39, 0.29) is 6.04 Å². The molecule has 4 aromatic rings. The molecule has 28 heavy (non-hydrogen) atoms. The van der Waals surface area contributed by atoms with Gasteiger partial charge in [0.15, 0.2) is 0 Å². The summed E-state index contributed by atoms with van der Waals surface area (Å²) in [6.45, 7) is 5.46. The fourth-order valence-electron chi connectivity index (χ4n) is 3.71. The second-order valence-corrected chi connectivity index (χ2v) is 7.98. The summed E-state index contributed by atoms with van der Waals surface area (Å²) in [6.07, 6.45) is 10.3. The molecule has 2 aromatic carbocycles. The van der Waals surface area contributed by atoms with Crippen molar-refractivity contribution in [2.24, 2.45) is 5.92 Å². The van der Waals surface area contributed by atoms with Crippen LogP contribution in [-0.4, -0.2) is 14.1 Å². The van der Waals surface area contributed by atoms with Gasteiger partial charge in [-0.05, 0) is 29.2 Å². The molecule has 142 valence electrons. The second kappa shape index (κ2) is 8.07. The smallest absolute Gasteiger partial charge is 0.0954 e. The number of hydrogen-bond acceptors (Lipinski definition) is 1. The predicted octanol–water partition coefficient (Wildman–Crippen LogP) is 6.30. The van der Waals surface area contributed by atoms with E-state index < -0.39 is 0 Å². The Balaban J connectivity index is 1.90. The molecular formula is C24H24ClN3. The molecule has 0 aliphatic heterocycles. The molecule has 0 aliphatic rings. The highest BCUT2D eigenvalue weighted by Gasteiger charge is 2.22. The third kappa shape index (κ3) is 3.90. The zero-order valence-electron chi connectivity index (χ0n) is 16.2. The summed E-state index contributed by atoms with van der Waals surface area (Å²) < 4.78 is 4.47. The van der Waals surface area contributed by atoms with Gasteiger partial charge in [-0.1, -0.05) is 67.9 Å². The van der Waals surface area contributed by atoms with Crippen molar-refractivity contribution >= 4 is 11.6 Å². The Hall–Kier alpha value is -2.78. The summed E-state index contributed by atoms with van der Waals surface area (Å²) in [7, 11) is 0. The third-order valence-corrected chi connectivity index (χ3v) is 5.13. The Kier molecular flexibility index (Phi) is 5.36. The minimum Gasteiger partial charge on any atom is -0.353 e. The topological polar surface area (TPSA) is 22.8 Å². The SMILES string of the molecule is CC(C)Cn1cc(-c2ccc(Cl)cc2)c(C(c2ccccc2)n2ccnc2)c1. The Morgan fingerprint density at radius 2 is 1.71 bits per heavy atom. The molecule has 0 aliphatic carbocycles. The molecule has 0 radical (unpaired) electrons. The highest BCUT2D eigenvalue weighted by atomic mass is 35.5. The van der Waals surface area contributed by atoms with Crippen molar-refractivity contribution in [2.75, 3.05) is 0 Å². The normalized spacial score (nSPS) is 12.4. The van der Waals surface area contributed by atoms with Gasteiger partial charge in [0.05, 0.1) is 12.4 Å². The lowest BCUT2D eigenvalue weighted by Crippen LogP contribution is -2.11. The number of hydrogen-bond donors (Lipinski definition) is 0. The van der Waals surface area contributed by atoms with E-state index in [0.717, 1.165) is 11.6 Å². The number of halogens is 1. The largest absolute Gasteiger partial charge is 0.353 e. The maximum atomic E-state index is 6.14. The van der Waals surface area contributed by atoms with Crippen molar-refractivity contribution in [2.45, 2.75) is 26.4 Å². The zero-order valence-corrected chi connectivity index (χ0v) is 16.9. The van der Waals surface area contributed by atoms with Crippen LogP contribution in [0.2, 0.25) is 5.02 Å². The summed E-state index contributed by atoms with van der Waals surface area (Å²) in [5.74, 6) is 0.571. The molecule has 0 spiro atoms. The minimum absolute atomic E-state index is 0.0581. The van der Waals surface area contributed by atoms with E-state index >= 15 is 0 Å². The van der Waals surface area contributed by atoms with E-state index in [1.165, 1.54) is 22.3 Å². The van der Waals surface area contributed by atoms with E-state index in [2.05, 4.69) is 82.8 Å². The number of nitrogens with zero attached hydrogens (tertiary/aromatic N) is 3. The van der Waals surface area contributed by atoms with E-state index in [0.29, 0.717) is 5.92 Å². The summed E-state index contributed by atoms with van der Waals surface area (Å²) in [5, 5.41) is 0.751. The molecule has 2 heterocycles. The quantitative estimate of drug-likeness (QED) is 0.379. The average molecular weight is 390 g/mol. The minimum atomic E-state index is 0.0581. The van der Waals surface area contributed by atoms with Crippen LogP contribution in [0.1, 0.15) is 31.0 Å². The standard InChI is InChI=1S/C24H24ClN3/c1-18(2)14-27-15-22(19-8-10-21(25)11-9-19)23(16-27)24(28-13-12-26-17-28)20-6-4-3-5-7-20/h3-13,15-18,24H,14H2,1-2H3. The van der Waals surface area contributed by atoms with Gasteiger partial charge in [0, 0.05) is 47.5 Å². The number of rotatable bonds is 6. The Morgan fingerprint density at radius 3 is 2.36 bits per heavy atom. The molecule has 3 nitrogen and oxygen atoms in total. The van der Waals surface area contributed by atoms with Gasteiger partial charge in [0.25, 0.3) is 0 Å². The maximum absolute atomic E-state index is 6.14. The van der Waals surface area contributed by atoms with Gasteiger partial charge >= 0.3 is 0 Å². The fourth-order valence-corrected chi connectivity index (χ4v) is 3.84. The Morgan fingerprint density at radius 1 is 0.964 bits per heavy atom. The molecule has 1 atom stereocenters. The molecule has 1 unspecified atom stereocenters. The zero-order chi connectivity index (χ0) is 19.5. The lowest BCUT2D eigenvalue weighted by atomic mass is 9.94. The molecule has 4 rings (SSSR count). The Labute approximate surface area is 171 Å². The van der Waals surface area contributed by atoms with Crippen molar-refractivity contribution < 1.29 is 0 Å². The fraction of sp³-hybridized carbons (Fsp3) is 0.208. The number of aromatic nitrogens is 3. The van der Waals surface area contributed by atoms with Gasteiger partial charge in [-0.2, -0.15) is 0 Å². The van der Waals surface area contributed by atoms with Crippen molar-refractivity contribution in [1.82, 2.24) is 14.1 Å². The molecule has 0 amide bonds. The van der Waals surface area contributed by atoms with Crippen molar-refractivity contribution in [3.63, 3.8) is 0 Å². The van der Waals surface area contributed by atoms with Crippen LogP contribution in [0.4, 0.5) is 0 Å². The van der Waals surface area contributed by atoms with E-state index in [9.17, 15) is 0 Å². The maximum Gasteiger partial charge on any atom is 0.0954 e. The van der Waals surface area contributed by atoms with E-state index in [1.807, 2.05) is 30.9 Å². The lowest BCUT2D eigenvalue weighted by molar-refractivity contribution is 0.523. The van der Waals surface area contributed by atoms with Gasteiger partial charge < -0.3 is 9.13 Å². The highest BCUT2D eigenvalue weighted by Crippen LogP contribution is 2.36. The highest BCUT2D eigenvalue weighted by molar-refractivity contribution is 6.30. The Bertz CT molecular complexity index is 1020. The number of benzene rings is 2. The van der Waals surface area contributed by atoms with Gasteiger partial charge in [0.1, 0.15) is 0 Å². The van der Waals surface area contributed by atoms with E-state index in [1.54, 1.807) is 0 Å². The molecule has 0 saturated carbocycles. The first-order chi connectivity index (χ1) is 13.6. The molecule has 0 bridgehead atoms. The van der Waals surface area contributed by atoms with Crippen molar-refractivity contribution in [3.05, 3.63) is 102 Å². The third-order valence-electron chi connectivity index (χ3n) is 4.87. The first kappa shape index (κ1) is 18.6. The second-order valence-electron chi connectivity index (χ2n) is 7.55. The van der Waals surface area contributed by atoms with Gasteiger partial charge in [-0.15, -0.1) is 0 Å². The summed E-state index contributed by atoms with van der Waals surface area (Å²) in [4.78, 5) is 4.30. The van der Waals surface area contributed by atoms with Gasteiger partial charge in [0.2, 0.25) is 0 Å². The molecule has 0 N–H and O–H groups in total. The number of imidazole rings is 1. The monoisotopic (exact) mass is 389 g/mol. The molecule has 4 heteroatoms. The van der Waals surface area contributed by atoms with Crippen LogP contribution in [0.25, 0.3) is 11.1 Å². The van der Waals surface area contributed by atoms with Crippen LogP contribution >= 0.6 is 11.6 Å². The van der Waals surface area contributed by atoms with E-state index in [4.69, 9.17) is 11.6 Å². The van der Waals surface area contributed by atoms with Crippen molar-refractivity contribution in [3.8, 4) is 11.1 Å². The van der Waals surface area contributed by atoms with Crippen molar-refractivity contribution in [1.29, 1.82) is 0 Å². The van der Waals surface area contributed by atoms with Crippen LogP contribution in [0, 0.1) is 5.92 Å². The van der Waals surface area contributed by atoms with Gasteiger partial charge in [-0.3, -0.25) is 0 Å². The van der Waals surface area contributed by atoms with Gasteiger partial charge in [-0.25, -0.2) is 4.98 Å². The summed E-state index contributed by atoms with van der Waals surface area (Å²) >= 11 is 6.14. The average Bonchev–Trinajstić information content (AvgIpc) is 3.34. The first-order valence-corrected chi connectivity index (χ1v) is 9.97. The molecule has 0 saturated heterocycles. The molecule has 2 aromatic heterocycles. The van der Waals surface area contributed by atoms with Crippen LogP contribution in [0.5, 0.6) is 0 Å². The van der Waals surface area contributed by atoms with Crippen LogP contribution in [0.15, 0.2) is 85.7 Å². The first-order valence-electron chi connectivity index (χ1n) is 9.60. The van der Waals surface area contributed by atoms with Crippen LogP contribution in [0.3, 0.4) is 0 Å². The lowest BCUT2D eigenvalue weighted by Gasteiger charge is -2.20. The molecule has 0 fully saturated rings. The summed E-state index contributed by atoms with van der Waals surface area (Å²) in [6, 6.07) is 18.7. The van der Waals surface area contributed by atoms with Crippen LogP contribution < -0.4 is 0 Å². The predicted molar refractivity (Wildman–Crippen MR) is 116 cm³/mol. The van der Waals surface area contributed by atoms with Crippen LogP contribution in [-0.2, 0) is 6.54 Å². The molecular weight excluding hydrogens is 366 g/mol. The summed E-state index contributed by atoms with van der Waals surface area (Å²) in [5.41, 5.74) is 4.88.